The van der Waals surface area contributed by atoms with Gasteiger partial charge in [-0.15, -0.1) is 11.3 Å². The van der Waals surface area contributed by atoms with Gasteiger partial charge in [0.15, 0.2) is 0 Å². The number of rotatable bonds is 5. The normalized spacial score (nSPS) is 10.4. The van der Waals surface area contributed by atoms with Gasteiger partial charge in [0.2, 0.25) is 0 Å². The Morgan fingerprint density at radius 1 is 1.26 bits per heavy atom. The lowest BCUT2D eigenvalue weighted by atomic mass is 10.2. The number of hydrogen-bond donors (Lipinski definition) is 1. The lowest BCUT2D eigenvalue weighted by Gasteiger charge is -2.19. The predicted molar refractivity (Wildman–Crippen MR) is 88.1 cm³/mol. The minimum atomic E-state index is 0.444. The van der Waals surface area contributed by atoms with Crippen molar-refractivity contribution < 1.29 is 0 Å². The molecule has 0 atom stereocenters. The van der Waals surface area contributed by atoms with Crippen LogP contribution >= 0.6 is 23.6 Å². The Kier molecular flexibility index (Phi) is 4.56. The summed E-state index contributed by atoms with van der Waals surface area (Å²) >= 11 is 6.89. The number of aryl methyl sites for hydroxylation is 1. The molecule has 0 aliphatic carbocycles. The first-order chi connectivity index (χ1) is 9.10. The van der Waals surface area contributed by atoms with Gasteiger partial charge >= 0.3 is 0 Å². The lowest BCUT2D eigenvalue weighted by Crippen LogP contribution is -2.17. The quantitative estimate of drug-likeness (QED) is 0.853. The van der Waals surface area contributed by atoms with Gasteiger partial charge in [0, 0.05) is 28.1 Å². The maximum Gasteiger partial charge on any atom is 0.104 e. The average Bonchev–Trinajstić information content (AvgIpc) is 2.86. The second-order valence-electron chi connectivity index (χ2n) is 4.49. The molecule has 0 radical (unpaired) electrons. The molecule has 2 N–H and O–H groups in total. The molecule has 0 fully saturated rings. The van der Waals surface area contributed by atoms with Crippen LogP contribution in [0.3, 0.4) is 0 Å². The van der Waals surface area contributed by atoms with E-state index in [4.69, 9.17) is 18.0 Å². The summed E-state index contributed by atoms with van der Waals surface area (Å²) in [5.74, 6) is 0. The second kappa shape index (κ2) is 6.17. The summed E-state index contributed by atoms with van der Waals surface area (Å²) in [5.41, 5.74) is 7.72. The molecule has 2 rings (SSSR count). The number of nitrogens with zero attached hydrogens (tertiary/aromatic N) is 1. The Labute approximate surface area is 123 Å². The predicted octanol–water partition coefficient (Wildman–Crippen LogP) is 3.58. The Morgan fingerprint density at radius 2 is 2.00 bits per heavy atom. The molecule has 0 bridgehead atoms. The minimum Gasteiger partial charge on any atom is -0.389 e. The summed E-state index contributed by atoms with van der Waals surface area (Å²) in [6.07, 6.45) is 1.10. The third kappa shape index (κ3) is 3.55. The summed E-state index contributed by atoms with van der Waals surface area (Å²) in [6, 6.07) is 12.5. The molecule has 2 aromatic rings. The van der Waals surface area contributed by atoms with Crippen LogP contribution in [0.1, 0.15) is 22.2 Å². The molecule has 4 heteroatoms. The highest BCUT2D eigenvalue weighted by atomic mass is 32.1. The lowest BCUT2D eigenvalue weighted by molar-refractivity contribution is 0.940. The standard InChI is InChI=1S/C15H18N2S2/c1-3-13-7-8-14(19-13)10-17(2)12-6-4-5-11(9-12)15(16)18/h4-9H,3,10H2,1-2H3,(H2,16,18). The van der Waals surface area contributed by atoms with Gasteiger partial charge in [-0.05, 0) is 30.7 Å². The summed E-state index contributed by atoms with van der Waals surface area (Å²) < 4.78 is 0. The zero-order valence-corrected chi connectivity index (χ0v) is 12.9. The monoisotopic (exact) mass is 290 g/mol. The molecule has 1 aromatic heterocycles. The highest BCUT2D eigenvalue weighted by Gasteiger charge is 2.06. The summed E-state index contributed by atoms with van der Waals surface area (Å²) in [4.78, 5) is 5.47. The van der Waals surface area contributed by atoms with Gasteiger partial charge < -0.3 is 10.6 Å². The van der Waals surface area contributed by atoms with Gasteiger partial charge in [0.1, 0.15) is 4.99 Å². The Morgan fingerprint density at radius 3 is 2.63 bits per heavy atom. The molecule has 0 saturated heterocycles. The first kappa shape index (κ1) is 14.0. The fourth-order valence-electron chi connectivity index (χ4n) is 1.92. The number of anilines is 1. The van der Waals surface area contributed by atoms with Gasteiger partial charge in [0.25, 0.3) is 0 Å². The maximum atomic E-state index is 5.67. The van der Waals surface area contributed by atoms with Crippen LogP contribution < -0.4 is 10.6 Å². The Balaban J connectivity index is 2.12. The molecule has 0 aliphatic heterocycles. The number of nitrogens with two attached hydrogens (primary N) is 1. The second-order valence-corrected chi connectivity index (χ2v) is 6.18. The van der Waals surface area contributed by atoms with Crippen molar-refractivity contribution >= 4 is 34.2 Å². The largest absolute Gasteiger partial charge is 0.389 e. The number of thiocarbonyl (C=S) groups is 1. The van der Waals surface area contributed by atoms with E-state index in [9.17, 15) is 0 Å². The average molecular weight is 290 g/mol. The van der Waals surface area contributed by atoms with E-state index in [1.54, 1.807) is 0 Å². The van der Waals surface area contributed by atoms with Crippen molar-refractivity contribution in [3.05, 3.63) is 51.7 Å². The van der Waals surface area contributed by atoms with Gasteiger partial charge in [0.05, 0.1) is 6.54 Å². The van der Waals surface area contributed by atoms with Crippen molar-refractivity contribution in [3.8, 4) is 0 Å². The first-order valence-corrected chi connectivity index (χ1v) is 7.51. The molecule has 2 nitrogen and oxygen atoms in total. The SMILES string of the molecule is CCc1ccc(CN(C)c2cccc(C(N)=S)c2)s1. The summed E-state index contributed by atoms with van der Waals surface area (Å²) in [6.45, 7) is 3.09. The third-order valence-electron chi connectivity index (χ3n) is 3.03. The molecule has 1 aromatic carbocycles. The molecule has 0 unspecified atom stereocenters. The van der Waals surface area contributed by atoms with Crippen LogP contribution in [0.4, 0.5) is 5.69 Å². The van der Waals surface area contributed by atoms with E-state index >= 15 is 0 Å². The van der Waals surface area contributed by atoms with Gasteiger partial charge in [-0.2, -0.15) is 0 Å². The molecule has 1 heterocycles. The third-order valence-corrected chi connectivity index (χ3v) is 4.48. The topological polar surface area (TPSA) is 29.3 Å². The number of benzene rings is 1. The molecular weight excluding hydrogens is 272 g/mol. The van der Waals surface area contributed by atoms with E-state index in [1.165, 1.54) is 9.75 Å². The van der Waals surface area contributed by atoms with Crippen molar-refractivity contribution in [2.75, 3.05) is 11.9 Å². The van der Waals surface area contributed by atoms with E-state index < -0.39 is 0 Å². The van der Waals surface area contributed by atoms with Gasteiger partial charge in [-0.1, -0.05) is 31.3 Å². The van der Waals surface area contributed by atoms with Gasteiger partial charge in [-0.25, -0.2) is 0 Å². The van der Waals surface area contributed by atoms with Crippen LogP contribution in [0.5, 0.6) is 0 Å². The van der Waals surface area contributed by atoms with E-state index in [-0.39, 0.29) is 0 Å². The molecule has 0 spiro atoms. The molecule has 100 valence electrons. The van der Waals surface area contributed by atoms with Crippen molar-refractivity contribution in [1.82, 2.24) is 0 Å². The molecule has 0 saturated carbocycles. The fourth-order valence-corrected chi connectivity index (χ4v) is 3.06. The van der Waals surface area contributed by atoms with Crippen LogP contribution in [-0.2, 0) is 13.0 Å². The van der Waals surface area contributed by atoms with Crippen molar-refractivity contribution in [3.63, 3.8) is 0 Å². The van der Waals surface area contributed by atoms with E-state index in [1.807, 2.05) is 29.5 Å². The van der Waals surface area contributed by atoms with Crippen molar-refractivity contribution in [1.29, 1.82) is 0 Å². The highest BCUT2D eigenvalue weighted by molar-refractivity contribution is 7.80. The van der Waals surface area contributed by atoms with Crippen molar-refractivity contribution in [2.45, 2.75) is 19.9 Å². The van der Waals surface area contributed by atoms with Crippen LogP contribution in [0.15, 0.2) is 36.4 Å². The number of thiophene rings is 1. The number of hydrogen-bond acceptors (Lipinski definition) is 3. The highest BCUT2D eigenvalue weighted by Crippen LogP contribution is 2.22. The van der Waals surface area contributed by atoms with E-state index in [2.05, 4.69) is 37.1 Å². The van der Waals surface area contributed by atoms with E-state index in [0.29, 0.717) is 4.99 Å². The maximum absolute atomic E-state index is 5.67. The summed E-state index contributed by atoms with van der Waals surface area (Å²) in [7, 11) is 2.09. The van der Waals surface area contributed by atoms with Crippen LogP contribution in [-0.4, -0.2) is 12.0 Å². The van der Waals surface area contributed by atoms with Crippen LogP contribution in [0.2, 0.25) is 0 Å². The molecule has 19 heavy (non-hydrogen) atoms. The zero-order chi connectivity index (χ0) is 13.8. The molecule has 0 aliphatic rings. The zero-order valence-electron chi connectivity index (χ0n) is 11.2. The minimum absolute atomic E-state index is 0.444. The molecule has 0 amide bonds. The Hall–Kier alpha value is -1.39. The van der Waals surface area contributed by atoms with E-state index in [0.717, 1.165) is 24.2 Å². The smallest absolute Gasteiger partial charge is 0.104 e. The summed E-state index contributed by atoms with van der Waals surface area (Å²) in [5, 5.41) is 0. The Bertz CT molecular complexity index is 575. The van der Waals surface area contributed by atoms with Gasteiger partial charge in [-0.3, -0.25) is 0 Å². The molecular formula is C15H18N2S2. The van der Waals surface area contributed by atoms with Crippen LogP contribution in [0, 0.1) is 0 Å². The first-order valence-electron chi connectivity index (χ1n) is 6.28. The van der Waals surface area contributed by atoms with Crippen molar-refractivity contribution in [2.24, 2.45) is 5.73 Å². The van der Waals surface area contributed by atoms with Crippen LogP contribution in [0.25, 0.3) is 0 Å². The fraction of sp³-hybridized carbons (Fsp3) is 0.267.